The lowest BCUT2D eigenvalue weighted by atomic mass is 10.2. The van der Waals surface area contributed by atoms with E-state index < -0.39 is 6.03 Å². The van der Waals surface area contributed by atoms with Crippen molar-refractivity contribution in [3.8, 4) is 0 Å². The van der Waals surface area contributed by atoms with Gasteiger partial charge in [0.1, 0.15) is 11.7 Å². The summed E-state index contributed by atoms with van der Waals surface area (Å²) in [6.07, 6.45) is 1.38. The highest BCUT2D eigenvalue weighted by molar-refractivity contribution is 6.05. The summed E-state index contributed by atoms with van der Waals surface area (Å²) in [4.78, 5) is 11.8. The van der Waals surface area contributed by atoms with Gasteiger partial charge in [0, 0.05) is 5.69 Å². The summed E-state index contributed by atoms with van der Waals surface area (Å²) >= 11 is 0. The first-order chi connectivity index (χ1) is 9.06. The summed E-state index contributed by atoms with van der Waals surface area (Å²) in [6.45, 7) is 1.97. The molecular formula is C12H14N6O. The number of H-pyrrole nitrogens is 1. The molecule has 1 aromatic heterocycles. The van der Waals surface area contributed by atoms with Crippen molar-refractivity contribution in [1.29, 1.82) is 5.41 Å². The monoisotopic (exact) mass is 258 g/mol. The van der Waals surface area contributed by atoms with Crippen LogP contribution in [0.25, 0.3) is 0 Å². The van der Waals surface area contributed by atoms with Crippen LogP contribution in [-0.4, -0.2) is 22.1 Å². The van der Waals surface area contributed by atoms with Crippen LogP contribution in [0.1, 0.15) is 11.1 Å². The van der Waals surface area contributed by atoms with E-state index in [0.29, 0.717) is 11.3 Å². The number of nitrogens with one attached hydrogen (secondary N) is 4. The van der Waals surface area contributed by atoms with E-state index in [4.69, 9.17) is 11.1 Å². The van der Waals surface area contributed by atoms with Crippen LogP contribution in [0.4, 0.5) is 16.3 Å². The third-order valence-electron chi connectivity index (χ3n) is 2.48. The molecule has 7 nitrogen and oxygen atoms in total. The van der Waals surface area contributed by atoms with Gasteiger partial charge < -0.3 is 11.1 Å². The van der Waals surface area contributed by atoms with E-state index in [-0.39, 0.29) is 11.7 Å². The van der Waals surface area contributed by atoms with Crippen molar-refractivity contribution in [3.63, 3.8) is 0 Å². The van der Waals surface area contributed by atoms with Gasteiger partial charge in [0.2, 0.25) is 0 Å². The van der Waals surface area contributed by atoms with Gasteiger partial charge in [-0.15, -0.1) is 0 Å². The first-order valence-electron chi connectivity index (χ1n) is 5.58. The molecule has 0 saturated heterocycles. The van der Waals surface area contributed by atoms with Crippen molar-refractivity contribution in [3.05, 3.63) is 41.6 Å². The highest BCUT2D eigenvalue weighted by Crippen LogP contribution is 2.12. The van der Waals surface area contributed by atoms with Crippen molar-refractivity contribution in [2.75, 3.05) is 10.6 Å². The maximum Gasteiger partial charge on any atom is 0.324 e. The van der Waals surface area contributed by atoms with Gasteiger partial charge in [0.05, 0.1) is 11.8 Å². The third-order valence-corrected chi connectivity index (χ3v) is 2.48. The zero-order chi connectivity index (χ0) is 13.8. The molecule has 98 valence electrons. The molecule has 0 fully saturated rings. The third kappa shape index (κ3) is 3.09. The molecule has 1 heterocycles. The average molecular weight is 258 g/mol. The second kappa shape index (κ2) is 5.21. The maximum atomic E-state index is 11.8. The van der Waals surface area contributed by atoms with Crippen molar-refractivity contribution < 1.29 is 4.79 Å². The topological polar surface area (TPSA) is 120 Å². The van der Waals surface area contributed by atoms with Crippen molar-refractivity contribution in [2.24, 2.45) is 5.73 Å². The fourth-order valence-electron chi connectivity index (χ4n) is 1.50. The Bertz CT molecular complexity index is 601. The van der Waals surface area contributed by atoms with Gasteiger partial charge in [-0.1, -0.05) is 17.7 Å². The van der Waals surface area contributed by atoms with Gasteiger partial charge in [0.25, 0.3) is 0 Å². The number of nitrogens with zero attached hydrogens (tertiary/aromatic N) is 1. The number of aryl methyl sites for hydroxylation is 1. The summed E-state index contributed by atoms with van der Waals surface area (Å²) in [5.74, 6) is 0.122. The number of carbonyl (C=O) groups excluding carboxylic acids is 1. The fraction of sp³-hybridized carbons (Fsp3) is 0.0833. The lowest BCUT2D eigenvalue weighted by Crippen LogP contribution is -2.22. The molecule has 0 aliphatic heterocycles. The molecule has 0 atom stereocenters. The molecule has 0 aliphatic rings. The average Bonchev–Trinajstić information content (AvgIpc) is 2.80. The highest BCUT2D eigenvalue weighted by atomic mass is 16.2. The number of nitrogen functional groups attached to an aromatic ring is 1. The number of amides is 2. The molecule has 7 heteroatoms. The number of aromatic nitrogens is 2. The van der Waals surface area contributed by atoms with Crippen LogP contribution in [0.15, 0.2) is 30.5 Å². The Kier molecular flexibility index (Phi) is 3.46. The van der Waals surface area contributed by atoms with Crippen molar-refractivity contribution in [2.45, 2.75) is 6.92 Å². The molecule has 6 N–H and O–H groups in total. The number of hydrogen-bond acceptors (Lipinski definition) is 3. The van der Waals surface area contributed by atoms with Gasteiger partial charge >= 0.3 is 6.03 Å². The summed E-state index contributed by atoms with van der Waals surface area (Å²) < 4.78 is 0. The normalized spacial score (nSPS) is 9.95. The molecule has 0 bridgehead atoms. The van der Waals surface area contributed by atoms with E-state index in [1.165, 1.54) is 6.20 Å². The lowest BCUT2D eigenvalue weighted by Gasteiger charge is -2.07. The zero-order valence-corrected chi connectivity index (χ0v) is 10.3. The predicted octanol–water partition coefficient (Wildman–Crippen LogP) is 1.65. The standard InChI is InChI=1S/C12H14N6O/c1-7-2-4-8(5-3-7)16-12(19)17-11-9(10(13)14)6-15-18-11/h2-6H,1H3,(H3,13,14)(H3,15,16,17,18,19). The number of benzene rings is 1. The molecule has 2 rings (SSSR count). The fourth-order valence-corrected chi connectivity index (χ4v) is 1.50. The van der Waals surface area contributed by atoms with E-state index >= 15 is 0 Å². The Labute approximate surface area is 109 Å². The molecular weight excluding hydrogens is 244 g/mol. The second-order valence-electron chi connectivity index (χ2n) is 4.02. The molecule has 2 aromatic rings. The van der Waals surface area contributed by atoms with Gasteiger partial charge in [-0.2, -0.15) is 5.10 Å². The summed E-state index contributed by atoms with van der Waals surface area (Å²) in [5.41, 5.74) is 7.48. The molecule has 0 saturated carbocycles. The predicted molar refractivity (Wildman–Crippen MR) is 73.4 cm³/mol. The minimum absolute atomic E-state index is 0.167. The Morgan fingerprint density at radius 1 is 1.32 bits per heavy atom. The maximum absolute atomic E-state index is 11.8. The first kappa shape index (κ1) is 12.6. The quantitative estimate of drug-likeness (QED) is 0.425. The van der Waals surface area contributed by atoms with Crippen LogP contribution >= 0.6 is 0 Å². The smallest absolute Gasteiger partial charge is 0.324 e. The summed E-state index contributed by atoms with van der Waals surface area (Å²) in [7, 11) is 0. The van der Waals surface area contributed by atoms with Crippen LogP contribution < -0.4 is 16.4 Å². The van der Waals surface area contributed by atoms with Crippen molar-refractivity contribution >= 4 is 23.4 Å². The Morgan fingerprint density at radius 3 is 2.63 bits per heavy atom. The molecule has 1 aromatic carbocycles. The molecule has 2 amide bonds. The molecule has 0 radical (unpaired) electrons. The van der Waals surface area contributed by atoms with Gasteiger partial charge in [-0.25, -0.2) is 4.79 Å². The first-order valence-corrected chi connectivity index (χ1v) is 5.58. The van der Waals surface area contributed by atoms with Crippen molar-refractivity contribution in [1.82, 2.24) is 10.2 Å². The number of rotatable bonds is 3. The van der Waals surface area contributed by atoms with Gasteiger partial charge in [-0.05, 0) is 19.1 Å². The molecule has 0 aliphatic carbocycles. The van der Waals surface area contributed by atoms with E-state index in [0.717, 1.165) is 5.56 Å². The summed E-state index contributed by atoms with van der Waals surface area (Å²) in [6, 6.07) is 6.96. The molecule has 0 spiro atoms. The SMILES string of the molecule is Cc1ccc(NC(=O)Nc2[nH]ncc2C(=N)N)cc1. The van der Waals surface area contributed by atoms with Crippen LogP contribution in [0.3, 0.4) is 0 Å². The molecule has 19 heavy (non-hydrogen) atoms. The minimum atomic E-state index is -0.435. The number of amidine groups is 1. The number of aromatic amines is 1. The van der Waals surface area contributed by atoms with E-state index in [2.05, 4.69) is 20.8 Å². The van der Waals surface area contributed by atoms with Crippen LogP contribution in [0.2, 0.25) is 0 Å². The highest BCUT2D eigenvalue weighted by Gasteiger charge is 2.10. The van der Waals surface area contributed by atoms with E-state index in [1.54, 1.807) is 12.1 Å². The number of urea groups is 1. The van der Waals surface area contributed by atoms with Crippen LogP contribution in [-0.2, 0) is 0 Å². The van der Waals surface area contributed by atoms with Gasteiger partial charge in [0.15, 0.2) is 0 Å². The van der Waals surface area contributed by atoms with E-state index in [9.17, 15) is 4.79 Å². The molecule has 0 unspecified atom stereocenters. The Hall–Kier alpha value is -2.83. The van der Waals surface area contributed by atoms with Crippen LogP contribution in [0.5, 0.6) is 0 Å². The second-order valence-corrected chi connectivity index (χ2v) is 4.02. The Balaban J connectivity index is 2.03. The van der Waals surface area contributed by atoms with Crippen LogP contribution in [0, 0.1) is 12.3 Å². The Morgan fingerprint density at radius 2 is 2.00 bits per heavy atom. The number of hydrogen-bond donors (Lipinski definition) is 5. The zero-order valence-electron chi connectivity index (χ0n) is 10.3. The summed E-state index contributed by atoms with van der Waals surface area (Å²) in [5, 5.41) is 18.8. The minimum Gasteiger partial charge on any atom is -0.384 e. The number of anilines is 2. The number of carbonyl (C=O) groups is 1. The largest absolute Gasteiger partial charge is 0.384 e. The van der Waals surface area contributed by atoms with Gasteiger partial charge in [-0.3, -0.25) is 15.8 Å². The lowest BCUT2D eigenvalue weighted by molar-refractivity contribution is 0.262. The number of nitrogens with two attached hydrogens (primary N) is 1. The van der Waals surface area contributed by atoms with E-state index in [1.807, 2.05) is 19.1 Å².